The number of hydrogen-bond donors (Lipinski definition) is 2. The highest BCUT2D eigenvalue weighted by atomic mass is 16.7. The van der Waals surface area contributed by atoms with Crippen molar-refractivity contribution in [2.24, 2.45) is 4.99 Å². The Kier molecular flexibility index (Phi) is 6.19. The van der Waals surface area contributed by atoms with E-state index in [-0.39, 0.29) is 0 Å². The average Bonchev–Trinajstić information content (AvgIpc) is 3.15. The van der Waals surface area contributed by atoms with Crippen LogP contribution < -0.4 is 24.8 Å². The van der Waals surface area contributed by atoms with E-state index in [0.29, 0.717) is 6.79 Å². The van der Waals surface area contributed by atoms with Crippen molar-refractivity contribution in [1.82, 2.24) is 10.6 Å². The predicted octanol–water partition coefficient (Wildman–Crippen LogP) is 2.37. The van der Waals surface area contributed by atoms with Crippen LogP contribution in [0.3, 0.4) is 0 Å². The third kappa shape index (κ3) is 4.81. The molecule has 1 aliphatic rings. The van der Waals surface area contributed by atoms with Crippen LogP contribution in [0, 0.1) is 0 Å². The van der Waals surface area contributed by atoms with Gasteiger partial charge in [-0.05, 0) is 48.2 Å². The standard InChI is InChI=1S/C20H25N3O3/c1-21-20(22-10-8-15-4-3-5-17(12-15)24-2)23-11-9-16-6-7-18-19(13-16)26-14-25-18/h3-7,12-13H,8-11,14H2,1-2H3,(H2,21,22,23). The maximum atomic E-state index is 5.41. The molecule has 3 rings (SSSR count). The fourth-order valence-electron chi connectivity index (χ4n) is 2.80. The van der Waals surface area contributed by atoms with Gasteiger partial charge in [0.15, 0.2) is 17.5 Å². The number of nitrogens with zero attached hydrogens (tertiary/aromatic N) is 1. The molecular weight excluding hydrogens is 330 g/mol. The van der Waals surface area contributed by atoms with E-state index in [1.54, 1.807) is 14.2 Å². The van der Waals surface area contributed by atoms with E-state index in [1.165, 1.54) is 11.1 Å². The van der Waals surface area contributed by atoms with E-state index >= 15 is 0 Å². The minimum atomic E-state index is 0.306. The van der Waals surface area contributed by atoms with Gasteiger partial charge in [-0.1, -0.05) is 18.2 Å². The first kappa shape index (κ1) is 17.9. The summed E-state index contributed by atoms with van der Waals surface area (Å²) in [5.41, 5.74) is 2.43. The number of benzene rings is 2. The van der Waals surface area contributed by atoms with Crippen LogP contribution in [0.4, 0.5) is 0 Å². The summed E-state index contributed by atoms with van der Waals surface area (Å²) in [5.74, 6) is 3.32. The highest BCUT2D eigenvalue weighted by molar-refractivity contribution is 5.79. The monoisotopic (exact) mass is 355 g/mol. The molecule has 0 aromatic heterocycles. The lowest BCUT2D eigenvalue weighted by molar-refractivity contribution is 0.174. The first-order valence-corrected chi connectivity index (χ1v) is 8.74. The Labute approximate surface area is 154 Å². The maximum absolute atomic E-state index is 5.41. The lowest BCUT2D eigenvalue weighted by Crippen LogP contribution is -2.39. The van der Waals surface area contributed by atoms with Crippen LogP contribution in [-0.4, -0.2) is 40.0 Å². The van der Waals surface area contributed by atoms with Crippen LogP contribution in [0.25, 0.3) is 0 Å². The first-order valence-electron chi connectivity index (χ1n) is 8.74. The second-order valence-electron chi connectivity index (χ2n) is 5.96. The molecule has 0 radical (unpaired) electrons. The number of methoxy groups -OCH3 is 1. The van der Waals surface area contributed by atoms with Crippen molar-refractivity contribution < 1.29 is 14.2 Å². The van der Waals surface area contributed by atoms with E-state index in [9.17, 15) is 0 Å². The molecule has 1 aliphatic heterocycles. The Morgan fingerprint density at radius 2 is 1.73 bits per heavy atom. The molecule has 2 N–H and O–H groups in total. The zero-order valence-electron chi connectivity index (χ0n) is 15.2. The SMILES string of the molecule is CN=C(NCCc1cccc(OC)c1)NCCc1ccc2c(c1)OCO2. The fraction of sp³-hybridized carbons (Fsp3) is 0.350. The van der Waals surface area contributed by atoms with Crippen molar-refractivity contribution in [3.63, 3.8) is 0 Å². The zero-order chi connectivity index (χ0) is 18.2. The van der Waals surface area contributed by atoms with Gasteiger partial charge in [0.1, 0.15) is 5.75 Å². The Morgan fingerprint density at radius 3 is 2.46 bits per heavy atom. The minimum absolute atomic E-state index is 0.306. The molecule has 138 valence electrons. The molecule has 0 saturated carbocycles. The maximum Gasteiger partial charge on any atom is 0.231 e. The van der Waals surface area contributed by atoms with Crippen LogP contribution in [-0.2, 0) is 12.8 Å². The highest BCUT2D eigenvalue weighted by Crippen LogP contribution is 2.32. The quantitative estimate of drug-likeness (QED) is 0.590. The van der Waals surface area contributed by atoms with Crippen LogP contribution >= 0.6 is 0 Å². The molecule has 26 heavy (non-hydrogen) atoms. The van der Waals surface area contributed by atoms with Gasteiger partial charge in [-0.25, -0.2) is 0 Å². The van der Waals surface area contributed by atoms with Gasteiger partial charge in [0.25, 0.3) is 0 Å². The third-order valence-corrected chi connectivity index (χ3v) is 4.21. The third-order valence-electron chi connectivity index (χ3n) is 4.21. The topological polar surface area (TPSA) is 64.1 Å². The minimum Gasteiger partial charge on any atom is -0.497 e. The van der Waals surface area contributed by atoms with Gasteiger partial charge in [0.05, 0.1) is 7.11 Å². The predicted molar refractivity (Wildman–Crippen MR) is 102 cm³/mol. The Hall–Kier alpha value is -2.89. The summed E-state index contributed by atoms with van der Waals surface area (Å²) in [5, 5.41) is 6.67. The molecular formula is C20H25N3O3. The van der Waals surface area contributed by atoms with Crippen LogP contribution in [0.2, 0.25) is 0 Å². The lowest BCUT2D eigenvalue weighted by atomic mass is 10.1. The number of fused-ring (bicyclic) bond motifs is 1. The van der Waals surface area contributed by atoms with Gasteiger partial charge < -0.3 is 24.8 Å². The second kappa shape index (κ2) is 8.99. The van der Waals surface area contributed by atoms with Gasteiger partial charge in [-0.15, -0.1) is 0 Å². The van der Waals surface area contributed by atoms with Crippen molar-refractivity contribution in [3.8, 4) is 17.2 Å². The highest BCUT2D eigenvalue weighted by Gasteiger charge is 2.12. The molecule has 0 amide bonds. The lowest BCUT2D eigenvalue weighted by Gasteiger charge is -2.12. The molecule has 0 bridgehead atoms. The van der Waals surface area contributed by atoms with Crippen molar-refractivity contribution in [3.05, 3.63) is 53.6 Å². The summed E-state index contributed by atoms with van der Waals surface area (Å²) in [4.78, 5) is 4.27. The molecule has 6 nitrogen and oxygen atoms in total. The summed E-state index contributed by atoms with van der Waals surface area (Å²) in [6.07, 6.45) is 1.79. The van der Waals surface area contributed by atoms with Crippen LogP contribution in [0.5, 0.6) is 17.2 Å². The van der Waals surface area contributed by atoms with Gasteiger partial charge in [-0.2, -0.15) is 0 Å². The van der Waals surface area contributed by atoms with E-state index in [4.69, 9.17) is 14.2 Å². The Bertz CT molecular complexity index is 762. The van der Waals surface area contributed by atoms with Gasteiger partial charge in [0.2, 0.25) is 6.79 Å². The van der Waals surface area contributed by atoms with Gasteiger partial charge in [-0.3, -0.25) is 4.99 Å². The molecule has 6 heteroatoms. The van der Waals surface area contributed by atoms with Crippen LogP contribution in [0.1, 0.15) is 11.1 Å². The number of hydrogen-bond acceptors (Lipinski definition) is 4. The number of rotatable bonds is 7. The van der Waals surface area contributed by atoms with Gasteiger partial charge >= 0.3 is 0 Å². The van der Waals surface area contributed by atoms with E-state index in [0.717, 1.165) is 49.1 Å². The molecule has 0 fully saturated rings. The van der Waals surface area contributed by atoms with Crippen molar-refractivity contribution in [2.45, 2.75) is 12.8 Å². The molecule has 0 aliphatic carbocycles. The van der Waals surface area contributed by atoms with E-state index in [1.807, 2.05) is 24.3 Å². The first-order chi connectivity index (χ1) is 12.8. The van der Waals surface area contributed by atoms with Gasteiger partial charge in [0, 0.05) is 20.1 Å². The average molecular weight is 355 g/mol. The number of ether oxygens (including phenoxy) is 3. The molecule has 1 heterocycles. The second-order valence-corrected chi connectivity index (χ2v) is 5.96. The smallest absolute Gasteiger partial charge is 0.231 e. The molecule has 2 aromatic rings. The summed E-state index contributed by atoms with van der Waals surface area (Å²) < 4.78 is 16.0. The molecule has 0 atom stereocenters. The van der Waals surface area contributed by atoms with E-state index < -0.39 is 0 Å². The molecule has 0 unspecified atom stereocenters. The fourth-order valence-corrected chi connectivity index (χ4v) is 2.80. The molecule has 0 saturated heterocycles. The summed E-state index contributed by atoms with van der Waals surface area (Å²) >= 11 is 0. The summed E-state index contributed by atoms with van der Waals surface area (Å²) in [6, 6.07) is 14.2. The molecule has 0 spiro atoms. The summed E-state index contributed by atoms with van der Waals surface area (Å²) in [7, 11) is 3.46. The zero-order valence-corrected chi connectivity index (χ0v) is 15.2. The number of aliphatic imine (C=N–C) groups is 1. The normalized spacial score (nSPS) is 12.8. The van der Waals surface area contributed by atoms with Crippen molar-refractivity contribution in [1.29, 1.82) is 0 Å². The Morgan fingerprint density at radius 1 is 1.00 bits per heavy atom. The van der Waals surface area contributed by atoms with Crippen molar-refractivity contribution in [2.75, 3.05) is 34.0 Å². The summed E-state index contributed by atoms with van der Waals surface area (Å²) in [6.45, 7) is 1.90. The molecule has 2 aromatic carbocycles. The number of guanidine groups is 1. The Balaban J connectivity index is 1.40. The van der Waals surface area contributed by atoms with Crippen LogP contribution in [0.15, 0.2) is 47.5 Å². The largest absolute Gasteiger partial charge is 0.497 e. The van der Waals surface area contributed by atoms with E-state index in [2.05, 4.69) is 33.8 Å². The number of nitrogens with one attached hydrogen (secondary N) is 2. The van der Waals surface area contributed by atoms with Crippen molar-refractivity contribution >= 4 is 5.96 Å².